The van der Waals surface area contributed by atoms with Gasteiger partial charge in [0, 0.05) is 18.7 Å². The molecule has 2 rings (SSSR count). The molecule has 1 unspecified atom stereocenters. The summed E-state index contributed by atoms with van der Waals surface area (Å²) in [6.45, 7) is 5.82. The van der Waals surface area contributed by atoms with Gasteiger partial charge in [0.05, 0.1) is 32.3 Å². The molecule has 0 aliphatic rings. The van der Waals surface area contributed by atoms with Crippen molar-refractivity contribution in [1.29, 1.82) is 5.26 Å². The predicted octanol–water partition coefficient (Wildman–Crippen LogP) is 3.05. The Labute approximate surface area is 194 Å². The Bertz CT molecular complexity index is 1130. The van der Waals surface area contributed by atoms with Gasteiger partial charge in [-0.05, 0) is 42.3 Å². The highest BCUT2D eigenvalue weighted by Crippen LogP contribution is 2.39. The first-order chi connectivity index (χ1) is 15.7. The van der Waals surface area contributed by atoms with Crippen LogP contribution in [0.3, 0.4) is 0 Å². The van der Waals surface area contributed by atoms with E-state index in [9.17, 15) is 18.5 Å². The maximum atomic E-state index is 13.1. The molecule has 0 aromatic heterocycles. The number of carbonyl (C=O) groups is 1. The van der Waals surface area contributed by atoms with E-state index < -0.39 is 22.0 Å². The zero-order valence-corrected chi connectivity index (χ0v) is 20.4. The van der Waals surface area contributed by atoms with E-state index in [-0.39, 0.29) is 10.5 Å². The van der Waals surface area contributed by atoms with Crippen LogP contribution in [0.25, 0.3) is 0 Å². The minimum Gasteiger partial charge on any atom is -0.493 e. The van der Waals surface area contributed by atoms with Crippen LogP contribution in [0.1, 0.15) is 41.4 Å². The third-order valence-corrected chi connectivity index (χ3v) is 7.27. The zero-order valence-electron chi connectivity index (χ0n) is 19.6. The van der Waals surface area contributed by atoms with E-state index >= 15 is 0 Å². The smallest absolute Gasteiger partial charge is 0.252 e. The molecule has 0 aliphatic heterocycles. The molecule has 0 bridgehead atoms. The summed E-state index contributed by atoms with van der Waals surface area (Å²) in [6, 6.07) is 8.53. The van der Waals surface area contributed by atoms with Crippen LogP contribution in [-0.2, 0) is 10.0 Å². The first-order valence-electron chi connectivity index (χ1n) is 10.3. The van der Waals surface area contributed by atoms with E-state index in [4.69, 9.17) is 14.2 Å². The van der Waals surface area contributed by atoms with E-state index in [0.717, 1.165) is 0 Å². The maximum absolute atomic E-state index is 13.1. The molecular formula is C23H29N3O6S. The van der Waals surface area contributed by atoms with Crippen molar-refractivity contribution in [2.45, 2.75) is 31.7 Å². The Balaban J connectivity index is 2.44. The van der Waals surface area contributed by atoms with Crippen molar-refractivity contribution in [1.82, 2.24) is 9.62 Å². The highest BCUT2D eigenvalue weighted by molar-refractivity contribution is 7.89. The molecule has 10 heteroatoms. The Kier molecular flexibility index (Phi) is 8.68. The number of hydrogen-bond acceptors (Lipinski definition) is 7. The van der Waals surface area contributed by atoms with Crippen LogP contribution >= 0.6 is 0 Å². The minimum absolute atomic E-state index is 0.0169. The van der Waals surface area contributed by atoms with Gasteiger partial charge in [-0.2, -0.15) is 9.57 Å². The molecule has 1 N–H and O–H groups in total. The van der Waals surface area contributed by atoms with Crippen molar-refractivity contribution in [3.63, 3.8) is 0 Å². The third kappa shape index (κ3) is 5.38. The third-order valence-electron chi connectivity index (χ3n) is 5.22. The average molecular weight is 476 g/mol. The van der Waals surface area contributed by atoms with E-state index in [2.05, 4.69) is 5.32 Å². The summed E-state index contributed by atoms with van der Waals surface area (Å²) >= 11 is 0. The topological polar surface area (TPSA) is 118 Å². The minimum atomic E-state index is -3.74. The molecule has 33 heavy (non-hydrogen) atoms. The van der Waals surface area contributed by atoms with Crippen LogP contribution in [-0.4, -0.2) is 53.0 Å². The summed E-state index contributed by atoms with van der Waals surface area (Å²) in [4.78, 5) is 13.1. The summed E-state index contributed by atoms with van der Waals surface area (Å²) < 4.78 is 43.0. The lowest BCUT2D eigenvalue weighted by molar-refractivity contribution is 0.0944. The van der Waals surface area contributed by atoms with Gasteiger partial charge in [0.1, 0.15) is 6.04 Å². The van der Waals surface area contributed by atoms with Gasteiger partial charge in [-0.3, -0.25) is 4.79 Å². The maximum Gasteiger partial charge on any atom is 0.252 e. The quantitative estimate of drug-likeness (QED) is 0.561. The number of carbonyl (C=O) groups excluding carboxylic acids is 1. The molecule has 178 valence electrons. The van der Waals surface area contributed by atoms with Crippen molar-refractivity contribution in [2.24, 2.45) is 0 Å². The van der Waals surface area contributed by atoms with Crippen LogP contribution in [0, 0.1) is 18.3 Å². The lowest BCUT2D eigenvalue weighted by Crippen LogP contribution is -2.31. The van der Waals surface area contributed by atoms with Crippen molar-refractivity contribution in [3.05, 3.63) is 47.0 Å². The monoisotopic (exact) mass is 475 g/mol. The highest BCUT2D eigenvalue weighted by Gasteiger charge is 2.25. The van der Waals surface area contributed by atoms with E-state index in [1.54, 1.807) is 39.0 Å². The number of sulfonamides is 1. The molecule has 0 saturated carbocycles. The normalized spacial score (nSPS) is 12.1. The second kappa shape index (κ2) is 11.0. The largest absolute Gasteiger partial charge is 0.493 e. The Morgan fingerprint density at radius 2 is 1.64 bits per heavy atom. The molecule has 2 aromatic carbocycles. The van der Waals surface area contributed by atoms with Gasteiger partial charge in [0.25, 0.3) is 5.91 Å². The van der Waals surface area contributed by atoms with Crippen molar-refractivity contribution in [2.75, 3.05) is 34.4 Å². The zero-order chi connectivity index (χ0) is 24.8. The standard InChI is InChI=1S/C23H29N3O6S/c1-7-26(8-2)33(28,29)17-10-9-15(3)18(13-17)23(27)25-19(14-24)16-11-20(30-4)22(32-6)21(12-16)31-5/h9-13,19H,7-8H2,1-6H3,(H,25,27). The first kappa shape index (κ1) is 26.0. The highest BCUT2D eigenvalue weighted by atomic mass is 32.2. The number of hydrogen-bond donors (Lipinski definition) is 1. The summed E-state index contributed by atoms with van der Waals surface area (Å²) in [5, 5.41) is 12.4. The number of rotatable bonds is 10. The number of nitrogens with one attached hydrogen (secondary N) is 1. The fourth-order valence-electron chi connectivity index (χ4n) is 3.39. The molecule has 1 atom stereocenters. The van der Waals surface area contributed by atoms with E-state index in [1.807, 2.05) is 6.07 Å². The van der Waals surface area contributed by atoms with Gasteiger partial charge in [0.2, 0.25) is 15.8 Å². The van der Waals surface area contributed by atoms with E-state index in [1.165, 1.54) is 37.8 Å². The van der Waals surface area contributed by atoms with Crippen LogP contribution in [0.15, 0.2) is 35.2 Å². The molecule has 0 aliphatic carbocycles. The fourth-order valence-corrected chi connectivity index (χ4v) is 4.87. The van der Waals surface area contributed by atoms with Gasteiger partial charge in [-0.15, -0.1) is 0 Å². The predicted molar refractivity (Wildman–Crippen MR) is 123 cm³/mol. The molecule has 9 nitrogen and oxygen atoms in total. The lowest BCUT2D eigenvalue weighted by atomic mass is 10.0. The summed E-state index contributed by atoms with van der Waals surface area (Å²) in [7, 11) is 0.621. The number of methoxy groups -OCH3 is 3. The van der Waals surface area contributed by atoms with Gasteiger partial charge in [0.15, 0.2) is 11.5 Å². The summed E-state index contributed by atoms with van der Waals surface area (Å²) in [5.41, 5.74) is 1.16. The van der Waals surface area contributed by atoms with Gasteiger partial charge in [-0.25, -0.2) is 8.42 Å². The SMILES string of the molecule is CCN(CC)S(=O)(=O)c1ccc(C)c(C(=O)NC(C#N)c2cc(OC)c(OC)c(OC)c2)c1. The molecule has 0 radical (unpaired) electrons. The summed E-state index contributed by atoms with van der Waals surface area (Å²) in [5.74, 6) is 0.455. The van der Waals surface area contributed by atoms with Crippen molar-refractivity contribution in [3.8, 4) is 23.3 Å². The van der Waals surface area contributed by atoms with Crippen LogP contribution < -0.4 is 19.5 Å². The average Bonchev–Trinajstić information content (AvgIpc) is 2.81. The molecule has 0 saturated heterocycles. The van der Waals surface area contributed by atoms with Crippen LogP contribution in [0.5, 0.6) is 17.2 Å². The molecule has 1 amide bonds. The van der Waals surface area contributed by atoms with Crippen LogP contribution in [0.2, 0.25) is 0 Å². The second-order valence-electron chi connectivity index (χ2n) is 7.06. The van der Waals surface area contributed by atoms with E-state index in [0.29, 0.717) is 41.5 Å². The Morgan fingerprint density at radius 1 is 1.06 bits per heavy atom. The fraction of sp³-hybridized carbons (Fsp3) is 0.391. The van der Waals surface area contributed by atoms with Gasteiger partial charge < -0.3 is 19.5 Å². The molecule has 0 fully saturated rings. The number of nitriles is 1. The molecule has 0 spiro atoms. The number of aryl methyl sites for hydroxylation is 1. The first-order valence-corrected chi connectivity index (χ1v) is 11.7. The summed E-state index contributed by atoms with van der Waals surface area (Å²) in [6.07, 6.45) is 0. The Hall–Kier alpha value is -3.29. The number of ether oxygens (including phenoxy) is 3. The lowest BCUT2D eigenvalue weighted by Gasteiger charge is -2.20. The second-order valence-corrected chi connectivity index (χ2v) is 9.00. The van der Waals surface area contributed by atoms with Crippen LogP contribution in [0.4, 0.5) is 0 Å². The number of amides is 1. The molecular weight excluding hydrogens is 446 g/mol. The van der Waals surface area contributed by atoms with Gasteiger partial charge >= 0.3 is 0 Å². The van der Waals surface area contributed by atoms with Crippen molar-refractivity contribution >= 4 is 15.9 Å². The number of nitrogens with zero attached hydrogens (tertiary/aromatic N) is 2. The van der Waals surface area contributed by atoms with Crippen molar-refractivity contribution < 1.29 is 27.4 Å². The number of benzene rings is 2. The molecule has 2 aromatic rings. The molecule has 0 heterocycles. The Morgan fingerprint density at radius 3 is 2.09 bits per heavy atom. The van der Waals surface area contributed by atoms with Gasteiger partial charge in [-0.1, -0.05) is 19.9 Å².